The Hall–Kier alpha value is -2.05. The Kier molecular flexibility index (Phi) is 4.83. The summed E-state index contributed by atoms with van der Waals surface area (Å²) in [5.41, 5.74) is 3.19. The molecule has 1 fully saturated rings. The van der Waals surface area contributed by atoms with E-state index in [9.17, 15) is 0 Å². The van der Waals surface area contributed by atoms with E-state index < -0.39 is 0 Å². The summed E-state index contributed by atoms with van der Waals surface area (Å²) < 4.78 is 5.36. The molecule has 23 heavy (non-hydrogen) atoms. The average Bonchev–Trinajstić information content (AvgIpc) is 2.97. The second-order valence-corrected chi connectivity index (χ2v) is 5.86. The van der Waals surface area contributed by atoms with E-state index in [4.69, 9.17) is 21.7 Å². The Morgan fingerprint density at radius 1 is 1.48 bits per heavy atom. The third-order valence-electron chi connectivity index (χ3n) is 4.07. The van der Waals surface area contributed by atoms with Crippen LogP contribution in [0.3, 0.4) is 0 Å². The standard InChI is InChI=1S/C16H20ClN5O/c1-19-15-12(8-21-16-14(15)13(17)9-22-16)10(6-18)7-20-11-2-4-23-5-3-11/h6-9,11,18,20H,2-5H2,1H3,(H2,19,21,22)/b10-7+,18-6?. The van der Waals surface area contributed by atoms with E-state index in [1.165, 1.54) is 6.21 Å². The number of fused-ring (bicyclic) bond motifs is 1. The monoisotopic (exact) mass is 333 g/mol. The first kappa shape index (κ1) is 15.8. The minimum absolute atomic E-state index is 0.379. The molecule has 0 aliphatic carbocycles. The number of aromatic amines is 1. The van der Waals surface area contributed by atoms with Crippen molar-refractivity contribution in [2.24, 2.45) is 0 Å². The molecular formula is C16H20ClN5O. The molecule has 1 saturated heterocycles. The van der Waals surface area contributed by atoms with Gasteiger partial charge in [-0.2, -0.15) is 0 Å². The number of rotatable bonds is 5. The number of anilines is 1. The zero-order valence-electron chi connectivity index (χ0n) is 12.9. The number of ether oxygens (including phenoxy) is 1. The zero-order chi connectivity index (χ0) is 16.2. The van der Waals surface area contributed by atoms with E-state index in [2.05, 4.69) is 20.6 Å². The number of nitrogens with zero attached hydrogens (tertiary/aromatic N) is 1. The first-order valence-electron chi connectivity index (χ1n) is 7.62. The van der Waals surface area contributed by atoms with Crippen LogP contribution in [0.1, 0.15) is 18.4 Å². The third kappa shape index (κ3) is 3.18. The van der Waals surface area contributed by atoms with E-state index in [0.717, 1.165) is 53.9 Å². The van der Waals surface area contributed by atoms with Gasteiger partial charge in [-0.15, -0.1) is 0 Å². The van der Waals surface area contributed by atoms with Crippen LogP contribution in [-0.4, -0.2) is 42.5 Å². The topological polar surface area (TPSA) is 85.8 Å². The molecule has 0 bridgehead atoms. The second-order valence-electron chi connectivity index (χ2n) is 5.45. The summed E-state index contributed by atoms with van der Waals surface area (Å²) in [4.78, 5) is 7.44. The molecule has 2 aromatic heterocycles. The van der Waals surface area contributed by atoms with Crippen LogP contribution in [0.4, 0.5) is 5.69 Å². The van der Waals surface area contributed by atoms with Gasteiger partial charge in [-0.3, -0.25) is 0 Å². The highest BCUT2D eigenvalue weighted by Gasteiger charge is 2.16. The lowest BCUT2D eigenvalue weighted by molar-refractivity contribution is 0.0812. The lowest BCUT2D eigenvalue weighted by Crippen LogP contribution is -2.31. The van der Waals surface area contributed by atoms with Crippen molar-refractivity contribution in [2.45, 2.75) is 18.9 Å². The molecule has 0 radical (unpaired) electrons. The van der Waals surface area contributed by atoms with Crippen LogP contribution in [0.15, 0.2) is 18.6 Å². The number of allylic oxidation sites excluding steroid dienone is 1. The number of hydrogen-bond donors (Lipinski definition) is 4. The Labute approximate surface area is 139 Å². The highest BCUT2D eigenvalue weighted by molar-refractivity contribution is 6.37. The van der Waals surface area contributed by atoms with Gasteiger partial charge in [0.2, 0.25) is 0 Å². The van der Waals surface area contributed by atoms with Crippen molar-refractivity contribution in [2.75, 3.05) is 25.6 Å². The lowest BCUT2D eigenvalue weighted by atomic mass is 10.0. The molecule has 0 amide bonds. The van der Waals surface area contributed by atoms with Crippen LogP contribution >= 0.6 is 11.6 Å². The molecule has 122 valence electrons. The SMILES string of the molecule is CNc1c(/C(C=N)=C/NC2CCOCC2)cnc2[nH]cc(Cl)c12. The van der Waals surface area contributed by atoms with Crippen LogP contribution in [0, 0.1) is 5.41 Å². The van der Waals surface area contributed by atoms with Gasteiger partial charge in [0.05, 0.1) is 16.1 Å². The maximum absolute atomic E-state index is 7.76. The molecule has 3 rings (SSSR count). The molecule has 6 nitrogen and oxygen atoms in total. The molecule has 3 heterocycles. The van der Waals surface area contributed by atoms with Crippen LogP contribution in [0.2, 0.25) is 5.02 Å². The van der Waals surface area contributed by atoms with Crippen LogP contribution in [0.25, 0.3) is 16.6 Å². The number of hydrogen-bond acceptors (Lipinski definition) is 5. The predicted octanol–water partition coefficient (Wildman–Crippen LogP) is 3.02. The summed E-state index contributed by atoms with van der Waals surface area (Å²) in [7, 11) is 1.84. The molecule has 0 saturated carbocycles. The molecule has 1 aliphatic rings. The summed E-state index contributed by atoms with van der Waals surface area (Å²) in [5.74, 6) is 0. The maximum atomic E-state index is 7.76. The summed E-state index contributed by atoms with van der Waals surface area (Å²) >= 11 is 6.26. The third-order valence-corrected chi connectivity index (χ3v) is 4.36. The molecular weight excluding hydrogens is 314 g/mol. The molecule has 4 N–H and O–H groups in total. The highest BCUT2D eigenvalue weighted by atomic mass is 35.5. The normalized spacial score (nSPS) is 16.5. The smallest absolute Gasteiger partial charge is 0.140 e. The number of nitrogens with one attached hydrogen (secondary N) is 4. The van der Waals surface area contributed by atoms with Crippen molar-refractivity contribution in [3.8, 4) is 0 Å². The number of halogens is 1. The molecule has 0 atom stereocenters. The van der Waals surface area contributed by atoms with Crippen molar-refractivity contribution in [3.63, 3.8) is 0 Å². The molecule has 0 aromatic carbocycles. The fourth-order valence-electron chi connectivity index (χ4n) is 2.80. The van der Waals surface area contributed by atoms with Gasteiger partial charge in [-0.1, -0.05) is 11.6 Å². The fourth-order valence-corrected chi connectivity index (χ4v) is 3.04. The Balaban J connectivity index is 1.95. The number of pyridine rings is 1. The van der Waals surface area contributed by atoms with Gasteiger partial charge in [0.25, 0.3) is 0 Å². The second kappa shape index (κ2) is 7.02. The Bertz CT molecular complexity index is 733. The molecule has 0 spiro atoms. The van der Waals surface area contributed by atoms with Crippen LogP contribution in [-0.2, 0) is 4.74 Å². The summed E-state index contributed by atoms with van der Waals surface area (Å²) in [6, 6.07) is 0.379. The van der Waals surface area contributed by atoms with Crippen molar-refractivity contribution in [3.05, 3.63) is 29.2 Å². The van der Waals surface area contributed by atoms with Gasteiger partial charge < -0.3 is 25.8 Å². The van der Waals surface area contributed by atoms with Gasteiger partial charge in [-0.25, -0.2) is 4.98 Å². The molecule has 7 heteroatoms. The van der Waals surface area contributed by atoms with Crippen molar-refractivity contribution >= 4 is 40.1 Å². The van der Waals surface area contributed by atoms with Gasteiger partial charge >= 0.3 is 0 Å². The Morgan fingerprint density at radius 2 is 2.26 bits per heavy atom. The minimum Gasteiger partial charge on any atom is -0.387 e. The van der Waals surface area contributed by atoms with Crippen molar-refractivity contribution in [1.29, 1.82) is 5.41 Å². The summed E-state index contributed by atoms with van der Waals surface area (Å²) in [6.07, 6.45) is 8.63. The van der Waals surface area contributed by atoms with Gasteiger partial charge in [-0.05, 0) is 12.8 Å². The fraction of sp³-hybridized carbons (Fsp3) is 0.375. The van der Waals surface area contributed by atoms with E-state index in [1.54, 1.807) is 12.4 Å². The van der Waals surface area contributed by atoms with Gasteiger partial charge in [0.15, 0.2) is 0 Å². The average molecular weight is 334 g/mol. The van der Waals surface area contributed by atoms with E-state index in [1.807, 2.05) is 13.2 Å². The quantitative estimate of drug-likeness (QED) is 0.634. The minimum atomic E-state index is 0.379. The van der Waals surface area contributed by atoms with Crippen molar-refractivity contribution < 1.29 is 4.74 Å². The summed E-state index contributed by atoms with van der Waals surface area (Å²) in [5, 5.41) is 15.8. The van der Waals surface area contributed by atoms with E-state index in [-0.39, 0.29) is 0 Å². The number of H-pyrrole nitrogens is 1. The van der Waals surface area contributed by atoms with Gasteiger partial charge in [0.1, 0.15) is 5.65 Å². The van der Waals surface area contributed by atoms with Crippen LogP contribution < -0.4 is 10.6 Å². The molecule has 1 aliphatic heterocycles. The largest absolute Gasteiger partial charge is 0.387 e. The molecule has 0 unspecified atom stereocenters. The van der Waals surface area contributed by atoms with E-state index >= 15 is 0 Å². The lowest BCUT2D eigenvalue weighted by Gasteiger charge is -2.22. The molecule has 2 aromatic rings. The number of aromatic nitrogens is 2. The highest BCUT2D eigenvalue weighted by Crippen LogP contribution is 2.34. The van der Waals surface area contributed by atoms with Crippen LogP contribution in [0.5, 0.6) is 0 Å². The van der Waals surface area contributed by atoms with Crippen molar-refractivity contribution in [1.82, 2.24) is 15.3 Å². The first-order chi connectivity index (χ1) is 11.2. The summed E-state index contributed by atoms with van der Waals surface area (Å²) in [6.45, 7) is 1.55. The first-order valence-corrected chi connectivity index (χ1v) is 8.00. The van der Waals surface area contributed by atoms with E-state index in [0.29, 0.717) is 11.1 Å². The Morgan fingerprint density at radius 3 is 2.96 bits per heavy atom. The maximum Gasteiger partial charge on any atom is 0.140 e. The predicted molar refractivity (Wildman–Crippen MR) is 94.4 cm³/mol. The van der Waals surface area contributed by atoms with Gasteiger partial charge in [0, 0.05) is 62.2 Å². The zero-order valence-corrected chi connectivity index (χ0v) is 13.7.